The first-order valence-corrected chi connectivity index (χ1v) is 5.77. The molecule has 1 aliphatic rings. The predicted octanol–water partition coefficient (Wildman–Crippen LogP) is 2.12. The second-order valence-electron chi connectivity index (χ2n) is 3.64. The molecule has 2 rings (SSSR count). The number of hydrogen-bond donors (Lipinski definition) is 2. The monoisotopic (exact) mass is 305 g/mol. The highest BCUT2D eigenvalue weighted by molar-refractivity contribution is 9.10. The van der Waals surface area contributed by atoms with Crippen LogP contribution in [-0.4, -0.2) is 17.7 Å². The lowest BCUT2D eigenvalue weighted by molar-refractivity contribution is -0.144. The average molecular weight is 307 g/mol. The number of benzene rings is 1. The van der Waals surface area contributed by atoms with Gasteiger partial charge in [0, 0.05) is 17.0 Å². The lowest BCUT2D eigenvalue weighted by Crippen LogP contribution is -2.48. The van der Waals surface area contributed by atoms with Crippen molar-refractivity contribution >= 4 is 33.5 Å². The summed E-state index contributed by atoms with van der Waals surface area (Å²) in [6.45, 7) is 0.274. The van der Waals surface area contributed by atoms with Crippen LogP contribution < -0.4 is 10.5 Å². The second-order valence-corrected chi connectivity index (χ2v) is 4.93. The van der Waals surface area contributed by atoms with Crippen LogP contribution in [0.15, 0.2) is 16.6 Å². The SMILES string of the molecule is NC1(C(=O)O)CCOc2c(Br)cc(Cl)cc21. The standard InChI is InChI=1S/C10H9BrClNO3/c11-7-4-5(12)3-6-8(7)16-2-1-10(6,13)9(14)15/h3-4H,1-2,13H2,(H,14,15). The first-order valence-electron chi connectivity index (χ1n) is 4.60. The highest BCUT2D eigenvalue weighted by Crippen LogP contribution is 2.42. The number of nitrogens with two attached hydrogens (primary N) is 1. The lowest BCUT2D eigenvalue weighted by Gasteiger charge is -2.32. The third-order valence-electron chi connectivity index (χ3n) is 2.61. The molecule has 1 aromatic carbocycles. The minimum absolute atomic E-state index is 0.224. The Labute approximate surface area is 105 Å². The predicted molar refractivity (Wildman–Crippen MR) is 62.8 cm³/mol. The molecular weight excluding hydrogens is 297 g/mol. The van der Waals surface area contributed by atoms with Crippen molar-refractivity contribution in [1.29, 1.82) is 0 Å². The molecule has 0 bridgehead atoms. The smallest absolute Gasteiger partial charge is 0.328 e. The molecular formula is C10H9BrClNO3. The number of fused-ring (bicyclic) bond motifs is 1. The zero-order chi connectivity index (χ0) is 11.9. The van der Waals surface area contributed by atoms with Crippen LogP contribution in [0.4, 0.5) is 0 Å². The van der Waals surface area contributed by atoms with Gasteiger partial charge < -0.3 is 15.6 Å². The summed E-state index contributed by atoms with van der Waals surface area (Å²) in [5, 5.41) is 9.61. The summed E-state index contributed by atoms with van der Waals surface area (Å²) in [6, 6.07) is 3.18. The molecule has 6 heteroatoms. The number of carboxylic acid groups (broad SMARTS) is 1. The molecule has 1 heterocycles. The van der Waals surface area contributed by atoms with Gasteiger partial charge in [-0.15, -0.1) is 0 Å². The molecule has 0 aromatic heterocycles. The van der Waals surface area contributed by atoms with Crippen molar-refractivity contribution in [3.63, 3.8) is 0 Å². The normalized spacial score (nSPS) is 23.4. The van der Waals surface area contributed by atoms with Crippen molar-refractivity contribution in [2.75, 3.05) is 6.61 Å². The summed E-state index contributed by atoms with van der Waals surface area (Å²) in [5.41, 5.74) is 4.87. The fourth-order valence-corrected chi connectivity index (χ4v) is 2.63. The summed E-state index contributed by atoms with van der Waals surface area (Å²) in [6.07, 6.45) is 0.224. The molecule has 0 saturated heterocycles. The number of rotatable bonds is 1. The molecule has 1 aliphatic heterocycles. The first-order chi connectivity index (χ1) is 7.45. The molecule has 0 saturated carbocycles. The molecule has 0 radical (unpaired) electrons. The third-order valence-corrected chi connectivity index (χ3v) is 3.42. The first kappa shape index (κ1) is 11.7. The van der Waals surface area contributed by atoms with E-state index in [9.17, 15) is 9.90 Å². The van der Waals surface area contributed by atoms with E-state index in [2.05, 4.69) is 15.9 Å². The van der Waals surface area contributed by atoms with Crippen LogP contribution in [0.3, 0.4) is 0 Å². The van der Waals surface area contributed by atoms with Crippen LogP contribution in [0.1, 0.15) is 12.0 Å². The Morgan fingerprint density at radius 3 is 2.94 bits per heavy atom. The van der Waals surface area contributed by atoms with Crippen LogP contribution in [0.5, 0.6) is 5.75 Å². The summed E-state index contributed by atoms with van der Waals surface area (Å²) < 4.78 is 6.02. The molecule has 16 heavy (non-hydrogen) atoms. The number of carboxylic acids is 1. The molecule has 0 fully saturated rings. The quantitative estimate of drug-likeness (QED) is 0.833. The van der Waals surface area contributed by atoms with Crippen LogP contribution in [-0.2, 0) is 10.3 Å². The number of aliphatic carboxylic acids is 1. The minimum Gasteiger partial charge on any atom is -0.492 e. The van der Waals surface area contributed by atoms with Crippen molar-refractivity contribution in [1.82, 2.24) is 0 Å². The van der Waals surface area contributed by atoms with Crippen LogP contribution in [0.25, 0.3) is 0 Å². The van der Waals surface area contributed by atoms with E-state index in [0.29, 0.717) is 20.8 Å². The van der Waals surface area contributed by atoms with Crippen LogP contribution >= 0.6 is 27.5 Å². The Balaban J connectivity index is 2.67. The Bertz CT molecular complexity index is 466. The number of ether oxygens (including phenoxy) is 1. The van der Waals surface area contributed by atoms with Crippen molar-refractivity contribution in [2.45, 2.75) is 12.0 Å². The van der Waals surface area contributed by atoms with Gasteiger partial charge in [0.05, 0.1) is 11.1 Å². The van der Waals surface area contributed by atoms with E-state index in [-0.39, 0.29) is 13.0 Å². The van der Waals surface area contributed by atoms with Crippen molar-refractivity contribution < 1.29 is 14.6 Å². The number of halogens is 2. The highest BCUT2D eigenvalue weighted by Gasteiger charge is 2.42. The molecule has 0 spiro atoms. The van der Waals surface area contributed by atoms with Gasteiger partial charge in [-0.3, -0.25) is 0 Å². The zero-order valence-corrected chi connectivity index (χ0v) is 10.5. The van der Waals surface area contributed by atoms with E-state index in [1.165, 1.54) is 6.07 Å². The summed E-state index contributed by atoms with van der Waals surface area (Å²) >= 11 is 9.16. The Morgan fingerprint density at radius 1 is 1.62 bits per heavy atom. The topological polar surface area (TPSA) is 72.6 Å². The van der Waals surface area contributed by atoms with E-state index in [4.69, 9.17) is 22.1 Å². The van der Waals surface area contributed by atoms with E-state index in [1.54, 1.807) is 6.07 Å². The maximum Gasteiger partial charge on any atom is 0.328 e. The molecule has 0 aliphatic carbocycles. The molecule has 0 amide bonds. The fourth-order valence-electron chi connectivity index (χ4n) is 1.71. The Hall–Kier alpha value is -0.780. The van der Waals surface area contributed by atoms with Crippen LogP contribution in [0, 0.1) is 0 Å². The van der Waals surface area contributed by atoms with Gasteiger partial charge in [0.2, 0.25) is 0 Å². The van der Waals surface area contributed by atoms with Crippen molar-refractivity contribution in [3.8, 4) is 5.75 Å². The molecule has 1 aromatic rings. The van der Waals surface area contributed by atoms with Gasteiger partial charge in [-0.05, 0) is 28.1 Å². The largest absolute Gasteiger partial charge is 0.492 e. The number of hydrogen-bond acceptors (Lipinski definition) is 3. The molecule has 1 atom stereocenters. The summed E-state index contributed by atoms with van der Waals surface area (Å²) in [5.74, 6) is -0.619. The van der Waals surface area contributed by atoms with Gasteiger partial charge in [0.15, 0.2) is 0 Å². The average Bonchev–Trinajstić information content (AvgIpc) is 2.19. The van der Waals surface area contributed by atoms with Crippen LogP contribution in [0.2, 0.25) is 5.02 Å². The minimum atomic E-state index is -1.43. The zero-order valence-electron chi connectivity index (χ0n) is 8.17. The van der Waals surface area contributed by atoms with Gasteiger partial charge in [-0.1, -0.05) is 11.6 Å². The van der Waals surface area contributed by atoms with Crippen molar-refractivity contribution in [2.24, 2.45) is 5.73 Å². The highest BCUT2D eigenvalue weighted by atomic mass is 79.9. The molecule has 3 N–H and O–H groups in total. The molecule has 1 unspecified atom stereocenters. The van der Waals surface area contributed by atoms with E-state index >= 15 is 0 Å². The maximum absolute atomic E-state index is 11.2. The molecule has 4 nitrogen and oxygen atoms in total. The summed E-state index contributed by atoms with van der Waals surface area (Å²) in [7, 11) is 0. The third kappa shape index (κ3) is 1.69. The fraction of sp³-hybridized carbons (Fsp3) is 0.300. The second kappa shape index (κ2) is 3.91. The van der Waals surface area contributed by atoms with E-state index in [1.807, 2.05) is 0 Å². The van der Waals surface area contributed by atoms with Gasteiger partial charge in [-0.25, -0.2) is 4.79 Å². The van der Waals surface area contributed by atoms with E-state index < -0.39 is 11.5 Å². The van der Waals surface area contributed by atoms with Gasteiger partial charge in [0.1, 0.15) is 11.3 Å². The Morgan fingerprint density at radius 2 is 2.31 bits per heavy atom. The van der Waals surface area contributed by atoms with Gasteiger partial charge in [0.25, 0.3) is 0 Å². The van der Waals surface area contributed by atoms with Crippen molar-refractivity contribution in [3.05, 3.63) is 27.2 Å². The number of carbonyl (C=O) groups is 1. The lowest BCUT2D eigenvalue weighted by atomic mass is 9.86. The van der Waals surface area contributed by atoms with Gasteiger partial charge in [-0.2, -0.15) is 0 Å². The maximum atomic E-state index is 11.2. The summed E-state index contributed by atoms with van der Waals surface area (Å²) in [4.78, 5) is 11.2. The Kier molecular flexibility index (Phi) is 2.86. The van der Waals surface area contributed by atoms with E-state index in [0.717, 1.165) is 0 Å². The van der Waals surface area contributed by atoms with Gasteiger partial charge >= 0.3 is 5.97 Å². The molecule has 86 valence electrons.